The van der Waals surface area contributed by atoms with Gasteiger partial charge < -0.3 is 5.73 Å². The summed E-state index contributed by atoms with van der Waals surface area (Å²) in [4.78, 5) is 3.01. The van der Waals surface area contributed by atoms with Gasteiger partial charge in [-0.15, -0.1) is 0 Å². The molecule has 14 heavy (non-hydrogen) atoms. The van der Waals surface area contributed by atoms with Crippen LogP contribution in [0.2, 0.25) is 0 Å². The molecule has 1 aliphatic heterocycles. The van der Waals surface area contributed by atoms with Crippen molar-refractivity contribution in [3.63, 3.8) is 0 Å². The number of hydrogen-bond donors (Lipinski definition) is 1. The SMILES string of the molecule is CC(C(N)=S)N1CCSC(C)(C)CC1. The summed E-state index contributed by atoms with van der Waals surface area (Å²) in [5.41, 5.74) is 5.67. The van der Waals surface area contributed by atoms with E-state index in [0.717, 1.165) is 13.1 Å². The lowest BCUT2D eigenvalue weighted by atomic mass is 10.1. The lowest BCUT2D eigenvalue weighted by Crippen LogP contribution is -2.43. The molecule has 0 radical (unpaired) electrons. The Morgan fingerprint density at radius 3 is 2.71 bits per heavy atom. The molecule has 1 atom stereocenters. The molecule has 0 aliphatic carbocycles. The van der Waals surface area contributed by atoms with Crippen LogP contribution in [0.1, 0.15) is 27.2 Å². The van der Waals surface area contributed by atoms with Crippen molar-refractivity contribution >= 4 is 29.0 Å². The van der Waals surface area contributed by atoms with Gasteiger partial charge in [-0.05, 0) is 13.3 Å². The molecule has 0 aromatic rings. The van der Waals surface area contributed by atoms with Gasteiger partial charge >= 0.3 is 0 Å². The van der Waals surface area contributed by atoms with E-state index < -0.39 is 0 Å². The summed E-state index contributed by atoms with van der Waals surface area (Å²) in [5.74, 6) is 1.18. The molecule has 1 unspecified atom stereocenters. The van der Waals surface area contributed by atoms with Gasteiger partial charge in [0, 0.05) is 23.6 Å². The lowest BCUT2D eigenvalue weighted by Gasteiger charge is -2.27. The molecule has 0 bridgehead atoms. The molecule has 1 heterocycles. The first-order valence-corrected chi connectivity index (χ1v) is 6.49. The van der Waals surface area contributed by atoms with Crippen molar-refractivity contribution < 1.29 is 0 Å². The maximum atomic E-state index is 5.67. The normalized spacial score (nSPS) is 25.4. The van der Waals surface area contributed by atoms with Crippen LogP contribution in [0.4, 0.5) is 0 Å². The van der Waals surface area contributed by atoms with Gasteiger partial charge in [-0.1, -0.05) is 26.1 Å². The number of rotatable bonds is 2. The Kier molecular flexibility index (Phi) is 4.22. The van der Waals surface area contributed by atoms with E-state index in [1.165, 1.54) is 12.2 Å². The van der Waals surface area contributed by atoms with Gasteiger partial charge in [0.1, 0.15) is 0 Å². The summed E-state index contributed by atoms with van der Waals surface area (Å²) < 4.78 is 0.407. The summed E-state index contributed by atoms with van der Waals surface area (Å²) >= 11 is 7.08. The van der Waals surface area contributed by atoms with Crippen LogP contribution >= 0.6 is 24.0 Å². The molecule has 0 aromatic heterocycles. The van der Waals surface area contributed by atoms with E-state index in [9.17, 15) is 0 Å². The summed E-state index contributed by atoms with van der Waals surface area (Å²) in [7, 11) is 0. The summed E-state index contributed by atoms with van der Waals surface area (Å²) in [6.45, 7) is 8.94. The Morgan fingerprint density at radius 2 is 2.14 bits per heavy atom. The fraction of sp³-hybridized carbons (Fsp3) is 0.900. The first-order valence-electron chi connectivity index (χ1n) is 5.10. The molecular weight excluding hydrogens is 212 g/mol. The number of hydrogen-bond acceptors (Lipinski definition) is 3. The van der Waals surface area contributed by atoms with Gasteiger partial charge in [0.25, 0.3) is 0 Å². The lowest BCUT2D eigenvalue weighted by molar-refractivity contribution is 0.264. The van der Waals surface area contributed by atoms with Crippen LogP contribution in [0.5, 0.6) is 0 Å². The van der Waals surface area contributed by atoms with Crippen LogP contribution in [0.3, 0.4) is 0 Å². The van der Waals surface area contributed by atoms with Crippen molar-refractivity contribution in [2.75, 3.05) is 18.8 Å². The molecule has 0 spiro atoms. The summed E-state index contributed by atoms with van der Waals surface area (Å²) in [6, 6.07) is 0.250. The third-order valence-corrected chi connectivity index (χ3v) is 4.55. The Morgan fingerprint density at radius 1 is 1.50 bits per heavy atom. The zero-order valence-corrected chi connectivity index (χ0v) is 10.9. The standard InChI is InChI=1S/C10H20N2S2/c1-8(9(11)13)12-5-4-10(2,3)14-7-6-12/h8H,4-7H2,1-3H3,(H2,11,13). The van der Waals surface area contributed by atoms with Gasteiger partial charge in [-0.25, -0.2) is 0 Å². The Balaban J connectivity index is 2.54. The smallest absolute Gasteiger partial charge is 0.0899 e. The second kappa shape index (κ2) is 4.81. The van der Waals surface area contributed by atoms with E-state index >= 15 is 0 Å². The highest BCUT2D eigenvalue weighted by atomic mass is 32.2. The Hall–Kier alpha value is 0.200. The number of nitrogens with two attached hydrogens (primary N) is 1. The highest BCUT2D eigenvalue weighted by Crippen LogP contribution is 2.31. The van der Waals surface area contributed by atoms with Crippen molar-refractivity contribution in [1.29, 1.82) is 0 Å². The fourth-order valence-corrected chi connectivity index (χ4v) is 2.87. The van der Waals surface area contributed by atoms with Crippen LogP contribution in [0.15, 0.2) is 0 Å². The average molecular weight is 232 g/mol. The van der Waals surface area contributed by atoms with Gasteiger partial charge in [-0.3, -0.25) is 4.90 Å². The zero-order chi connectivity index (χ0) is 10.8. The van der Waals surface area contributed by atoms with E-state index in [2.05, 4.69) is 25.7 Å². The molecule has 0 aromatic carbocycles. The first-order chi connectivity index (χ1) is 6.42. The molecule has 4 heteroatoms. The second-order valence-electron chi connectivity index (χ2n) is 4.47. The molecule has 1 aliphatic rings. The number of thiocarbonyl (C=S) groups is 1. The van der Waals surface area contributed by atoms with Crippen LogP contribution in [0, 0.1) is 0 Å². The molecule has 0 saturated carbocycles. The van der Waals surface area contributed by atoms with Gasteiger partial charge in [0.2, 0.25) is 0 Å². The first kappa shape index (κ1) is 12.3. The topological polar surface area (TPSA) is 29.3 Å². The molecule has 1 fully saturated rings. The molecule has 2 nitrogen and oxygen atoms in total. The van der Waals surface area contributed by atoms with Crippen LogP contribution in [-0.2, 0) is 0 Å². The largest absolute Gasteiger partial charge is 0.392 e. The predicted octanol–water partition coefficient (Wildman–Crippen LogP) is 1.88. The monoisotopic (exact) mass is 232 g/mol. The third kappa shape index (κ3) is 3.41. The van der Waals surface area contributed by atoms with Crippen molar-refractivity contribution in [2.24, 2.45) is 5.73 Å². The van der Waals surface area contributed by atoms with E-state index in [0.29, 0.717) is 9.74 Å². The number of thioether (sulfide) groups is 1. The Labute approximate surface area is 96.6 Å². The molecular formula is C10H20N2S2. The second-order valence-corrected chi connectivity index (χ2v) is 6.75. The van der Waals surface area contributed by atoms with E-state index in [4.69, 9.17) is 18.0 Å². The van der Waals surface area contributed by atoms with E-state index in [1.807, 2.05) is 11.8 Å². The minimum atomic E-state index is 0.250. The zero-order valence-electron chi connectivity index (χ0n) is 9.25. The molecule has 82 valence electrons. The molecule has 1 rings (SSSR count). The van der Waals surface area contributed by atoms with Crippen LogP contribution in [0.25, 0.3) is 0 Å². The minimum Gasteiger partial charge on any atom is -0.392 e. The Bertz CT molecular complexity index is 216. The van der Waals surface area contributed by atoms with Crippen LogP contribution in [-0.4, -0.2) is 39.5 Å². The highest BCUT2D eigenvalue weighted by Gasteiger charge is 2.26. The van der Waals surface area contributed by atoms with Gasteiger partial charge in [0.05, 0.1) is 11.0 Å². The molecule has 0 amide bonds. The maximum Gasteiger partial charge on any atom is 0.0899 e. The fourth-order valence-electron chi connectivity index (χ4n) is 1.60. The molecule has 2 N–H and O–H groups in total. The van der Waals surface area contributed by atoms with Crippen molar-refractivity contribution in [3.8, 4) is 0 Å². The maximum absolute atomic E-state index is 5.67. The van der Waals surface area contributed by atoms with Crippen molar-refractivity contribution in [1.82, 2.24) is 4.90 Å². The predicted molar refractivity (Wildman–Crippen MR) is 69.0 cm³/mol. The molecule has 1 saturated heterocycles. The van der Waals surface area contributed by atoms with Crippen molar-refractivity contribution in [3.05, 3.63) is 0 Å². The average Bonchev–Trinajstić information content (AvgIpc) is 2.25. The highest BCUT2D eigenvalue weighted by molar-refractivity contribution is 8.00. The number of nitrogens with zero attached hydrogens (tertiary/aromatic N) is 1. The summed E-state index contributed by atoms with van der Waals surface area (Å²) in [6.07, 6.45) is 1.21. The third-order valence-electron chi connectivity index (χ3n) is 2.83. The van der Waals surface area contributed by atoms with Gasteiger partial charge in [-0.2, -0.15) is 11.8 Å². The van der Waals surface area contributed by atoms with E-state index in [1.54, 1.807) is 0 Å². The summed E-state index contributed by atoms with van der Waals surface area (Å²) in [5, 5.41) is 0. The van der Waals surface area contributed by atoms with E-state index in [-0.39, 0.29) is 6.04 Å². The quantitative estimate of drug-likeness (QED) is 0.736. The minimum absolute atomic E-state index is 0.250. The van der Waals surface area contributed by atoms with Crippen molar-refractivity contribution in [2.45, 2.75) is 38.0 Å². The van der Waals surface area contributed by atoms with Gasteiger partial charge in [0.15, 0.2) is 0 Å². The van der Waals surface area contributed by atoms with Crippen LogP contribution < -0.4 is 5.73 Å².